The standard InChI is InChI=1S/C13H21N3O3S/c1-5-16(4)13(17)10(3)15-20(18,19)11-6-7-12(14)9(2)8-11/h6-8,10,15H,5,14H2,1-4H3. The highest BCUT2D eigenvalue weighted by Crippen LogP contribution is 2.17. The number of amides is 1. The van der Waals surface area contributed by atoms with Crippen molar-refractivity contribution in [1.82, 2.24) is 9.62 Å². The molecule has 0 saturated carbocycles. The summed E-state index contributed by atoms with van der Waals surface area (Å²) in [4.78, 5) is 13.4. The molecule has 0 radical (unpaired) electrons. The van der Waals surface area contributed by atoms with E-state index >= 15 is 0 Å². The Bertz CT molecular complexity index is 599. The van der Waals surface area contributed by atoms with Crippen LogP contribution in [0.3, 0.4) is 0 Å². The third kappa shape index (κ3) is 3.71. The van der Waals surface area contributed by atoms with E-state index in [0.29, 0.717) is 17.8 Å². The monoisotopic (exact) mass is 299 g/mol. The summed E-state index contributed by atoms with van der Waals surface area (Å²) in [5, 5.41) is 0. The lowest BCUT2D eigenvalue weighted by Gasteiger charge is -2.20. The lowest BCUT2D eigenvalue weighted by Crippen LogP contribution is -2.45. The highest BCUT2D eigenvalue weighted by Gasteiger charge is 2.23. The molecule has 0 aromatic heterocycles. The van der Waals surface area contributed by atoms with Crippen molar-refractivity contribution in [3.8, 4) is 0 Å². The number of nitrogens with one attached hydrogen (secondary N) is 1. The maximum atomic E-state index is 12.2. The van der Waals surface area contributed by atoms with Crippen LogP contribution in [0.2, 0.25) is 0 Å². The molecule has 1 atom stereocenters. The van der Waals surface area contributed by atoms with Crippen LogP contribution in [-0.2, 0) is 14.8 Å². The van der Waals surface area contributed by atoms with Gasteiger partial charge >= 0.3 is 0 Å². The van der Waals surface area contributed by atoms with Crippen LogP contribution in [-0.4, -0.2) is 38.9 Å². The van der Waals surface area contributed by atoms with Gasteiger partial charge in [0.25, 0.3) is 0 Å². The van der Waals surface area contributed by atoms with E-state index in [0.717, 1.165) is 0 Å². The van der Waals surface area contributed by atoms with Gasteiger partial charge in [-0.25, -0.2) is 8.42 Å². The minimum atomic E-state index is -3.74. The van der Waals surface area contributed by atoms with E-state index in [-0.39, 0.29) is 10.8 Å². The predicted molar refractivity (Wildman–Crippen MR) is 78.7 cm³/mol. The number of rotatable bonds is 5. The average molecular weight is 299 g/mol. The normalized spacial score (nSPS) is 13.0. The Balaban J connectivity index is 2.95. The summed E-state index contributed by atoms with van der Waals surface area (Å²) < 4.78 is 26.8. The summed E-state index contributed by atoms with van der Waals surface area (Å²) in [6, 6.07) is 3.63. The largest absolute Gasteiger partial charge is 0.399 e. The van der Waals surface area contributed by atoms with Gasteiger partial charge in [0.15, 0.2) is 0 Å². The second-order valence-corrected chi connectivity index (χ2v) is 6.43. The number of hydrogen-bond acceptors (Lipinski definition) is 4. The highest BCUT2D eigenvalue weighted by molar-refractivity contribution is 7.89. The number of aryl methyl sites for hydroxylation is 1. The molecule has 0 aliphatic rings. The van der Waals surface area contributed by atoms with Gasteiger partial charge in [-0.05, 0) is 44.5 Å². The number of sulfonamides is 1. The molecular formula is C13H21N3O3S. The van der Waals surface area contributed by atoms with Gasteiger partial charge < -0.3 is 10.6 Å². The van der Waals surface area contributed by atoms with Crippen molar-refractivity contribution in [3.05, 3.63) is 23.8 Å². The van der Waals surface area contributed by atoms with Crippen molar-refractivity contribution in [2.24, 2.45) is 0 Å². The maximum absolute atomic E-state index is 12.2. The van der Waals surface area contributed by atoms with E-state index in [2.05, 4.69) is 4.72 Å². The lowest BCUT2D eigenvalue weighted by molar-refractivity contribution is -0.131. The fourth-order valence-corrected chi connectivity index (χ4v) is 2.93. The van der Waals surface area contributed by atoms with E-state index < -0.39 is 16.1 Å². The molecule has 1 rings (SSSR count). The summed E-state index contributed by atoms with van der Waals surface area (Å²) >= 11 is 0. The molecule has 1 aromatic rings. The van der Waals surface area contributed by atoms with E-state index in [1.807, 2.05) is 6.92 Å². The first-order valence-electron chi connectivity index (χ1n) is 6.32. The third-order valence-corrected chi connectivity index (χ3v) is 4.64. The second-order valence-electron chi connectivity index (χ2n) is 4.71. The van der Waals surface area contributed by atoms with Gasteiger partial charge in [-0.3, -0.25) is 4.79 Å². The fraction of sp³-hybridized carbons (Fsp3) is 0.462. The SMILES string of the molecule is CCN(C)C(=O)C(C)NS(=O)(=O)c1ccc(N)c(C)c1. The number of nitrogens with zero attached hydrogens (tertiary/aromatic N) is 1. The lowest BCUT2D eigenvalue weighted by atomic mass is 10.2. The Kier molecular flexibility index (Phi) is 5.13. The molecule has 0 fully saturated rings. The van der Waals surface area contributed by atoms with Gasteiger partial charge in [-0.1, -0.05) is 0 Å². The number of carbonyl (C=O) groups is 1. The molecule has 0 aliphatic carbocycles. The quantitative estimate of drug-likeness (QED) is 0.784. The van der Waals surface area contributed by atoms with Crippen molar-refractivity contribution in [2.45, 2.75) is 31.7 Å². The zero-order valence-electron chi connectivity index (χ0n) is 12.2. The van der Waals surface area contributed by atoms with Crippen LogP contribution in [0.1, 0.15) is 19.4 Å². The molecule has 0 bridgehead atoms. The highest BCUT2D eigenvalue weighted by atomic mass is 32.2. The van der Waals surface area contributed by atoms with E-state index in [9.17, 15) is 13.2 Å². The molecule has 6 nitrogen and oxygen atoms in total. The van der Waals surface area contributed by atoms with Crippen LogP contribution >= 0.6 is 0 Å². The topological polar surface area (TPSA) is 92.5 Å². The number of hydrogen-bond donors (Lipinski definition) is 2. The predicted octanol–water partition coefficient (Wildman–Crippen LogP) is 0.722. The summed E-state index contributed by atoms with van der Waals surface area (Å²) in [6.45, 7) is 5.60. The molecule has 3 N–H and O–H groups in total. The number of nitrogen functional groups attached to an aromatic ring is 1. The van der Waals surface area contributed by atoms with Crippen LogP contribution in [0, 0.1) is 6.92 Å². The number of likely N-dealkylation sites (N-methyl/N-ethyl adjacent to an activating group) is 1. The summed E-state index contributed by atoms with van der Waals surface area (Å²) in [6.07, 6.45) is 0. The van der Waals surface area contributed by atoms with Crippen molar-refractivity contribution < 1.29 is 13.2 Å². The van der Waals surface area contributed by atoms with Gasteiger partial charge in [0.05, 0.1) is 10.9 Å². The fourth-order valence-electron chi connectivity index (χ4n) is 1.65. The number of anilines is 1. The second kappa shape index (κ2) is 6.23. The molecule has 20 heavy (non-hydrogen) atoms. The maximum Gasteiger partial charge on any atom is 0.241 e. The molecule has 0 aliphatic heterocycles. The summed E-state index contributed by atoms with van der Waals surface area (Å²) in [5.41, 5.74) is 6.87. The number of carbonyl (C=O) groups excluding carboxylic acids is 1. The minimum Gasteiger partial charge on any atom is -0.399 e. The third-order valence-electron chi connectivity index (χ3n) is 3.10. The van der Waals surface area contributed by atoms with Crippen LogP contribution in [0.15, 0.2) is 23.1 Å². The Morgan fingerprint density at radius 3 is 2.55 bits per heavy atom. The van der Waals surface area contributed by atoms with E-state index in [4.69, 9.17) is 5.73 Å². The van der Waals surface area contributed by atoms with E-state index in [1.54, 1.807) is 14.0 Å². The van der Waals surface area contributed by atoms with Crippen molar-refractivity contribution in [2.75, 3.05) is 19.3 Å². The Labute approximate surface area is 120 Å². The van der Waals surface area contributed by atoms with Crippen LogP contribution < -0.4 is 10.5 Å². The molecular weight excluding hydrogens is 278 g/mol. The smallest absolute Gasteiger partial charge is 0.241 e. The molecule has 1 unspecified atom stereocenters. The first-order valence-corrected chi connectivity index (χ1v) is 7.80. The zero-order valence-corrected chi connectivity index (χ0v) is 13.0. The summed E-state index contributed by atoms with van der Waals surface area (Å²) in [7, 11) is -2.11. The van der Waals surface area contributed by atoms with E-state index in [1.165, 1.54) is 30.0 Å². The summed E-state index contributed by atoms with van der Waals surface area (Å²) in [5.74, 6) is -0.275. The Hall–Kier alpha value is -1.60. The van der Waals surface area contributed by atoms with Crippen molar-refractivity contribution in [1.29, 1.82) is 0 Å². The first-order chi connectivity index (χ1) is 9.19. The molecule has 0 saturated heterocycles. The van der Waals surface area contributed by atoms with Gasteiger partial charge in [0, 0.05) is 19.3 Å². The van der Waals surface area contributed by atoms with Gasteiger partial charge in [0.2, 0.25) is 15.9 Å². The van der Waals surface area contributed by atoms with Crippen LogP contribution in [0.5, 0.6) is 0 Å². The number of nitrogens with two attached hydrogens (primary N) is 1. The first kappa shape index (κ1) is 16.5. The average Bonchev–Trinajstić information content (AvgIpc) is 2.39. The molecule has 1 amide bonds. The van der Waals surface area contributed by atoms with Gasteiger partial charge in [-0.15, -0.1) is 0 Å². The minimum absolute atomic E-state index is 0.100. The molecule has 7 heteroatoms. The Morgan fingerprint density at radius 2 is 2.05 bits per heavy atom. The number of benzene rings is 1. The van der Waals surface area contributed by atoms with Gasteiger partial charge in [-0.2, -0.15) is 4.72 Å². The zero-order chi connectivity index (χ0) is 15.5. The van der Waals surface area contributed by atoms with Gasteiger partial charge in [0.1, 0.15) is 0 Å². The molecule has 0 spiro atoms. The Morgan fingerprint density at radius 1 is 1.45 bits per heavy atom. The van der Waals surface area contributed by atoms with Crippen LogP contribution in [0.4, 0.5) is 5.69 Å². The molecule has 0 heterocycles. The molecule has 1 aromatic carbocycles. The molecule has 112 valence electrons. The van der Waals surface area contributed by atoms with Crippen LogP contribution in [0.25, 0.3) is 0 Å². The van der Waals surface area contributed by atoms with Crippen molar-refractivity contribution >= 4 is 21.6 Å². The van der Waals surface area contributed by atoms with Crippen molar-refractivity contribution in [3.63, 3.8) is 0 Å².